The highest BCUT2D eigenvalue weighted by atomic mass is 19.4. The molecule has 1 rings (SSSR count). The first kappa shape index (κ1) is 34.5. The molecule has 2 unspecified atom stereocenters. The van der Waals surface area contributed by atoms with Crippen LogP contribution in [-0.2, 0) is 38.1 Å². The summed E-state index contributed by atoms with van der Waals surface area (Å²) in [5.74, 6) is -7.84. The van der Waals surface area contributed by atoms with Gasteiger partial charge in [0, 0.05) is 0 Å². The van der Waals surface area contributed by atoms with E-state index in [1.54, 1.807) is 6.92 Å². The molecule has 0 spiro atoms. The first-order valence-corrected chi connectivity index (χ1v) is 11.9. The van der Waals surface area contributed by atoms with Gasteiger partial charge in [-0.2, -0.15) is 22.0 Å². The topological polar surface area (TPSA) is 105 Å². The minimum absolute atomic E-state index is 0.186. The Hall–Kier alpha value is -2.47. The first-order chi connectivity index (χ1) is 16.7. The van der Waals surface area contributed by atoms with Gasteiger partial charge in [-0.25, -0.2) is 4.79 Å². The predicted molar refractivity (Wildman–Crippen MR) is 120 cm³/mol. The van der Waals surface area contributed by atoms with Crippen LogP contribution in [0.3, 0.4) is 0 Å². The maximum Gasteiger partial charge on any atom is 0.392 e. The van der Waals surface area contributed by atoms with Crippen LogP contribution in [-0.4, -0.2) is 61.4 Å². The lowest BCUT2D eigenvalue weighted by molar-refractivity contribution is -0.205. The number of alkyl halides is 5. The van der Waals surface area contributed by atoms with Crippen LogP contribution in [0, 0.1) is 10.8 Å². The smallest absolute Gasteiger partial charge is 0.392 e. The molecule has 1 saturated heterocycles. The number of esters is 4. The van der Waals surface area contributed by atoms with Gasteiger partial charge in [0.15, 0.2) is 6.10 Å². The van der Waals surface area contributed by atoms with Gasteiger partial charge >= 0.3 is 36.0 Å². The summed E-state index contributed by atoms with van der Waals surface area (Å²) in [6, 6.07) is 0. The number of carbonyl (C=O) groups is 4. The highest BCUT2D eigenvalue weighted by Crippen LogP contribution is 2.30. The molecule has 0 aliphatic carbocycles. The normalized spacial score (nSPS) is 17.2. The number of hydrogen-bond acceptors (Lipinski definition) is 8. The molecule has 0 N–H and O–H groups in total. The van der Waals surface area contributed by atoms with E-state index in [4.69, 9.17) is 9.47 Å². The van der Waals surface area contributed by atoms with Gasteiger partial charge in [-0.15, -0.1) is 0 Å². The summed E-state index contributed by atoms with van der Waals surface area (Å²) in [6.07, 6.45) is -7.82. The van der Waals surface area contributed by atoms with Gasteiger partial charge in [-0.3, -0.25) is 14.4 Å². The average Bonchev–Trinajstić information content (AvgIpc) is 3.20. The van der Waals surface area contributed by atoms with Crippen molar-refractivity contribution in [2.24, 2.45) is 10.8 Å². The second-order valence-electron chi connectivity index (χ2n) is 9.82. The number of rotatable bonds is 11. The number of cyclic esters (lactones) is 1. The van der Waals surface area contributed by atoms with Gasteiger partial charge in [0.2, 0.25) is 0 Å². The van der Waals surface area contributed by atoms with E-state index in [-0.39, 0.29) is 31.1 Å². The second-order valence-corrected chi connectivity index (χ2v) is 9.82. The second kappa shape index (κ2) is 13.9. The van der Waals surface area contributed by atoms with Crippen molar-refractivity contribution in [3.05, 3.63) is 0 Å². The molecule has 1 aliphatic rings. The monoisotopic (exact) mass is 548 g/mol. The number of halogens is 5. The molecule has 2 atom stereocenters. The molecule has 1 aliphatic heterocycles. The minimum Gasteiger partial charge on any atom is -0.462 e. The maximum atomic E-state index is 13.9. The number of carbonyl (C=O) groups excluding carboxylic acids is 4. The summed E-state index contributed by atoms with van der Waals surface area (Å²) in [5, 5.41) is 0. The zero-order valence-electron chi connectivity index (χ0n) is 22.3. The van der Waals surface area contributed by atoms with Gasteiger partial charge in [0.05, 0.1) is 23.7 Å². The van der Waals surface area contributed by atoms with E-state index in [9.17, 15) is 41.1 Å². The van der Waals surface area contributed by atoms with Crippen LogP contribution >= 0.6 is 0 Å². The molecule has 0 aromatic heterocycles. The Morgan fingerprint density at radius 2 is 1.43 bits per heavy atom. The highest BCUT2D eigenvalue weighted by molar-refractivity contribution is 5.80. The molecular weight excluding hydrogens is 511 g/mol. The van der Waals surface area contributed by atoms with Gasteiger partial charge in [-0.1, -0.05) is 20.8 Å². The van der Waals surface area contributed by atoms with Crippen LogP contribution < -0.4 is 0 Å². The average molecular weight is 549 g/mol. The van der Waals surface area contributed by atoms with Crippen molar-refractivity contribution < 1.29 is 60.1 Å². The summed E-state index contributed by atoms with van der Waals surface area (Å²) >= 11 is 0. The molecule has 216 valence electrons. The molecule has 37 heavy (non-hydrogen) atoms. The Morgan fingerprint density at radius 3 is 1.84 bits per heavy atom. The van der Waals surface area contributed by atoms with Crippen molar-refractivity contribution >= 4 is 23.9 Å². The Labute approximate surface area is 213 Å². The van der Waals surface area contributed by atoms with Crippen LogP contribution in [0.2, 0.25) is 0 Å². The quantitative estimate of drug-likeness (QED) is 0.198. The van der Waals surface area contributed by atoms with Crippen LogP contribution in [0.4, 0.5) is 22.0 Å². The predicted octanol–water partition coefficient (Wildman–Crippen LogP) is 5.16. The number of ether oxygens (including phenoxy) is 4. The SMILES string of the molecule is CCC(C)(C)C(=O)OC1COC(=O)C1.CCC(OC(=O)C(C)(C)CC)C(F)(F)C(=O)OCCC(F)(F)F. The molecular formula is C24H37F5O8. The summed E-state index contributed by atoms with van der Waals surface area (Å²) in [4.78, 5) is 45.5. The lowest BCUT2D eigenvalue weighted by Gasteiger charge is -2.28. The molecule has 13 heteroatoms. The van der Waals surface area contributed by atoms with E-state index in [2.05, 4.69) is 9.47 Å². The van der Waals surface area contributed by atoms with Crippen molar-refractivity contribution in [2.45, 2.75) is 105 Å². The van der Waals surface area contributed by atoms with Gasteiger partial charge in [-0.05, 0) is 47.0 Å². The van der Waals surface area contributed by atoms with Gasteiger partial charge < -0.3 is 18.9 Å². The fraction of sp³-hybridized carbons (Fsp3) is 0.833. The molecule has 0 saturated carbocycles. The van der Waals surface area contributed by atoms with E-state index in [0.717, 1.165) is 0 Å². The zero-order chi connectivity index (χ0) is 29.2. The van der Waals surface area contributed by atoms with Crippen molar-refractivity contribution in [3.63, 3.8) is 0 Å². The zero-order valence-corrected chi connectivity index (χ0v) is 22.3. The third-order valence-electron chi connectivity index (χ3n) is 5.89. The van der Waals surface area contributed by atoms with Crippen molar-refractivity contribution in [2.75, 3.05) is 13.2 Å². The fourth-order valence-corrected chi connectivity index (χ4v) is 2.35. The van der Waals surface area contributed by atoms with E-state index in [0.29, 0.717) is 12.8 Å². The van der Waals surface area contributed by atoms with Gasteiger partial charge in [0.25, 0.3) is 0 Å². The molecule has 8 nitrogen and oxygen atoms in total. The van der Waals surface area contributed by atoms with E-state index < -0.39 is 60.4 Å². The summed E-state index contributed by atoms with van der Waals surface area (Å²) in [7, 11) is 0. The third kappa shape index (κ3) is 11.6. The van der Waals surface area contributed by atoms with Crippen LogP contribution in [0.25, 0.3) is 0 Å². The Morgan fingerprint density at radius 1 is 0.919 bits per heavy atom. The third-order valence-corrected chi connectivity index (χ3v) is 5.89. The largest absolute Gasteiger partial charge is 0.462 e. The summed E-state index contributed by atoms with van der Waals surface area (Å²) in [5.41, 5.74) is -1.50. The van der Waals surface area contributed by atoms with Crippen LogP contribution in [0.5, 0.6) is 0 Å². The maximum absolute atomic E-state index is 13.9. The molecule has 0 radical (unpaired) electrons. The fourth-order valence-electron chi connectivity index (χ4n) is 2.35. The van der Waals surface area contributed by atoms with Gasteiger partial charge in [0.1, 0.15) is 19.3 Å². The van der Waals surface area contributed by atoms with Crippen molar-refractivity contribution in [1.82, 2.24) is 0 Å². The minimum atomic E-state index is -4.63. The molecule has 0 amide bonds. The Bertz CT molecular complexity index is 792. The lowest BCUT2D eigenvalue weighted by atomic mass is 9.90. The Kier molecular flexibility index (Phi) is 13.0. The van der Waals surface area contributed by atoms with Crippen LogP contribution in [0.15, 0.2) is 0 Å². The van der Waals surface area contributed by atoms with E-state index in [1.807, 2.05) is 20.8 Å². The van der Waals surface area contributed by atoms with Crippen molar-refractivity contribution in [1.29, 1.82) is 0 Å². The lowest BCUT2D eigenvalue weighted by Crippen LogP contribution is -2.46. The Balaban J connectivity index is 0.000000785. The highest BCUT2D eigenvalue weighted by Gasteiger charge is 2.51. The molecule has 1 heterocycles. The van der Waals surface area contributed by atoms with E-state index in [1.165, 1.54) is 20.8 Å². The molecule has 0 aromatic rings. The van der Waals surface area contributed by atoms with Crippen LogP contribution in [0.1, 0.15) is 80.6 Å². The van der Waals surface area contributed by atoms with Crippen molar-refractivity contribution in [3.8, 4) is 0 Å². The first-order valence-electron chi connectivity index (χ1n) is 11.9. The standard InChI is InChI=1S/C14H21F5O4.C10H16O4/c1-5-9(23-10(20)12(3,4)6-2)14(18,19)11(21)22-8-7-13(15,16)17;1-4-10(2,3)9(12)14-7-5-8(11)13-6-7/h9H,5-8H2,1-4H3;7H,4-6H2,1-3H3. The number of hydrogen-bond donors (Lipinski definition) is 0. The summed E-state index contributed by atoms with van der Waals surface area (Å²) < 4.78 is 82.1. The molecule has 0 bridgehead atoms. The van der Waals surface area contributed by atoms with E-state index >= 15 is 0 Å². The summed E-state index contributed by atoms with van der Waals surface area (Å²) in [6.45, 7) is 10.5. The molecule has 0 aromatic carbocycles. The molecule has 1 fully saturated rings.